The average molecular weight is 267 g/mol. The second kappa shape index (κ2) is 5.57. The number of halogens is 1. The lowest BCUT2D eigenvalue weighted by atomic mass is 9.96. The van der Waals surface area contributed by atoms with Crippen LogP contribution in [-0.4, -0.2) is 42.2 Å². The summed E-state index contributed by atoms with van der Waals surface area (Å²) in [6.45, 7) is 2.94. The predicted molar refractivity (Wildman–Crippen MR) is 68.6 cm³/mol. The summed E-state index contributed by atoms with van der Waals surface area (Å²) in [5, 5.41) is 9.66. The largest absolute Gasteiger partial charge is 0.494 e. The summed E-state index contributed by atoms with van der Waals surface area (Å²) < 4.78 is 18.2. The number of carbonyl (C=O) groups is 1. The minimum Gasteiger partial charge on any atom is -0.494 e. The van der Waals surface area contributed by atoms with Gasteiger partial charge in [0.15, 0.2) is 11.6 Å². The van der Waals surface area contributed by atoms with Crippen molar-refractivity contribution in [3.8, 4) is 5.75 Å². The van der Waals surface area contributed by atoms with Crippen molar-refractivity contribution in [2.24, 2.45) is 5.92 Å². The molecule has 1 amide bonds. The first-order valence-corrected chi connectivity index (χ1v) is 6.33. The summed E-state index contributed by atoms with van der Waals surface area (Å²) in [7, 11) is 1.37. The first-order valence-electron chi connectivity index (χ1n) is 6.33. The molecule has 1 fully saturated rings. The number of nitrogens with zero attached hydrogens (tertiary/aromatic N) is 1. The van der Waals surface area contributed by atoms with E-state index in [4.69, 9.17) is 4.74 Å². The second-order valence-electron chi connectivity index (χ2n) is 4.93. The van der Waals surface area contributed by atoms with Crippen LogP contribution in [0, 0.1) is 11.7 Å². The van der Waals surface area contributed by atoms with Gasteiger partial charge in [0.1, 0.15) is 0 Å². The quantitative estimate of drug-likeness (QED) is 0.887. The molecular weight excluding hydrogens is 249 g/mol. The Kier molecular flexibility index (Phi) is 4.04. The molecule has 2 unspecified atom stereocenters. The van der Waals surface area contributed by atoms with Gasteiger partial charge in [0, 0.05) is 18.7 Å². The van der Waals surface area contributed by atoms with E-state index in [1.165, 1.54) is 25.3 Å². The molecule has 1 saturated heterocycles. The predicted octanol–water partition coefficient (Wildman–Crippen LogP) is 1.68. The summed E-state index contributed by atoms with van der Waals surface area (Å²) in [4.78, 5) is 14.0. The third-order valence-corrected chi connectivity index (χ3v) is 3.55. The Morgan fingerprint density at radius 3 is 2.89 bits per heavy atom. The van der Waals surface area contributed by atoms with Crippen LogP contribution >= 0.6 is 0 Å². The lowest BCUT2D eigenvalue weighted by Crippen LogP contribution is -2.44. The van der Waals surface area contributed by atoms with Crippen LogP contribution in [0.15, 0.2) is 18.2 Å². The molecule has 2 rings (SSSR count). The number of aliphatic hydroxyl groups is 1. The molecule has 0 saturated carbocycles. The highest BCUT2D eigenvalue weighted by atomic mass is 19.1. The lowest BCUT2D eigenvalue weighted by Gasteiger charge is -2.34. The number of rotatable bonds is 2. The SMILES string of the molecule is COc1cc(C(=O)N2CCC(O)C(C)C2)ccc1F. The van der Waals surface area contributed by atoms with Crippen LogP contribution in [0.1, 0.15) is 23.7 Å². The molecule has 19 heavy (non-hydrogen) atoms. The maximum absolute atomic E-state index is 13.3. The highest BCUT2D eigenvalue weighted by Crippen LogP contribution is 2.22. The van der Waals surface area contributed by atoms with Gasteiger partial charge >= 0.3 is 0 Å². The summed E-state index contributed by atoms with van der Waals surface area (Å²) >= 11 is 0. The highest BCUT2D eigenvalue weighted by Gasteiger charge is 2.28. The standard InChI is InChI=1S/C14H18FNO3/c1-9-8-16(6-5-12(9)17)14(18)10-3-4-11(15)13(7-10)19-2/h3-4,7,9,12,17H,5-6,8H2,1-2H3. The van der Waals surface area contributed by atoms with Crippen molar-refractivity contribution in [1.29, 1.82) is 0 Å². The van der Waals surface area contributed by atoms with Crippen LogP contribution in [-0.2, 0) is 0 Å². The van der Waals surface area contributed by atoms with E-state index in [1.54, 1.807) is 4.90 Å². The number of amides is 1. The average Bonchev–Trinajstić information content (AvgIpc) is 2.41. The van der Waals surface area contributed by atoms with E-state index in [0.717, 1.165) is 0 Å². The number of benzene rings is 1. The van der Waals surface area contributed by atoms with Gasteiger partial charge in [-0.2, -0.15) is 0 Å². The van der Waals surface area contributed by atoms with Crippen LogP contribution in [0.2, 0.25) is 0 Å². The van der Waals surface area contributed by atoms with Crippen LogP contribution in [0.5, 0.6) is 5.75 Å². The van der Waals surface area contributed by atoms with Crippen LogP contribution in [0.3, 0.4) is 0 Å². The molecule has 4 nitrogen and oxygen atoms in total. The molecule has 1 aliphatic rings. The lowest BCUT2D eigenvalue weighted by molar-refractivity contribution is 0.0297. The van der Waals surface area contributed by atoms with Crippen LogP contribution < -0.4 is 4.74 Å². The fraction of sp³-hybridized carbons (Fsp3) is 0.500. The second-order valence-corrected chi connectivity index (χ2v) is 4.93. The van der Waals surface area contributed by atoms with Gasteiger partial charge in [-0.1, -0.05) is 6.92 Å². The zero-order valence-electron chi connectivity index (χ0n) is 11.1. The molecule has 1 heterocycles. The summed E-state index contributed by atoms with van der Waals surface area (Å²) in [6.07, 6.45) is 0.220. The van der Waals surface area contributed by atoms with Crippen molar-refractivity contribution in [3.05, 3.63) is 29.6 Å². The number of aliphatic hydroxyl groups excluding tert-OH is 1. The van der Waals surface area contributed by atoms with Crippen molar-refractivity contribution in [1.82, 2.24) is 4.90 Å². The Hall–Kier alpha value is -1.62. The van der Waals surface area contributed by atoms with E-state index in [9.17, 15) is 14.3 Å². The smallest absolute Gasteiger partial charge is 0.254 e. The zero-order valence-corrected chi connectivity index (χ0v) is 11.1. The fourth-order valence-corrected chi connectivity index (χ4v) is 2.29. The molecule has 0 aliphatic carbocycles. The molecule has 1 aromatic carbocycles. The molecule has 104 valence electrons. The van der Waals surface area contributed by atoms with Gasteiger partial charge in [-0.25, -0.2) is 4.39 Å². The van der Waals surface area contributed by atoms with Crippen molar-refractivity contribution in [2.45, 2.75) is 19.4 Å². The van der Waals surface area contributed by atoms with Crippen molar-refractivity contribution in [3.63, 3.8) is 0 Å². The highest BCUT2D eigenvalue weighted by molar-refractivity contribution is 5.94. The molecule has 5 heteroatoms. The number of carbonyl (C=O) groups excluding carboxylic acids is 1. The van der Waals surface area contributed by atoms with Crippen molar-refractivity contribution < 1.29 is 19.0 Å². The van der Waals surface area contributed by atoms with Gasteiger partial charge in [-0.3, -0.25) is 4.79 Å². The number of hydrogen-bond acceptors (Lipinski definition) is 3. The Bertz CT molecular complexity index is 478. The monoisotopic (exact) mass is 267 g/mol. The van der Waals surface area contributed by atoms with Gasteiger partial charge in [0.05, 0.1) is 13.2 Å². The number of piperidine rings is 1. The third kappa shape index (κ3) is 2.87. The maximum atomic E-state index is 13.3. The van der Waals surface area contributed by atoms with E-state index in [2.05, 4.69) is 0 Å². The summed E-state index contributed by atoms with van der Waals surface area (Å²) in [6, 6.07) is 4.09. The Balaban J connectivity index is 2.15. The Morgan fingerprint density at radius 1 is 1.53 bits per heavy atom. The topological polar surface area (TPSA) is 49.8 Å². The van der Waals surface area contributed by atoms with Gasteiger partial charge in [-0.15, -0.1) is 0 Å². The summed E-state index contributed by atoms with van der Waals surface area (Å²) in [5.74, 6) is -0.519. The minimum atomic E-state index is -0.485. The molecule has 2 atom stereocenters. The number of methoxy groups -OCH3 is 1. The number of ether oxygens (including phenoxy) is 1. The maximum Gasteiger partial charge on any atom is 0.254 e. The normalized spacial score (nSPS) is 23.3. The number of likely N-dealkylation sites (tertiary alicyclic amines) is 1. The van der Waals surface area contributed by atoms with Crippen molar-refractivity contribution >= 4 is 5.91 Å². The van der Waals surface area contributed by atoms with Gasteiger partial charge in [0.2, 0.25) is 0 Å². The number of hydrogen-bond donors (Lipinski definition) is 1. The van der Waals surface area contributed by atoms with E-state index in [-0.39, 0.29) is 23.7 Å². The van der Waals surface area contributed by atoms with Gasteiger partial charge in [0.25, 0.3) is 5.91 Å². The fourth-order valence-electron chi connectivity index (χ4n) is 2.29. The van der Waals surface area contributed by atoms with Crippen LogP contribution in [0.25, 0.3) is 0 Å². The molecule has 1 aliphatic heterocycles. The zero-order chi connectivity index (χ0) is 14.0. The van der Waals surface area contributed by atoms with E-state index >= 15 is 0 Å². The van der Waals surface area contributed by atoms with Crippen molar-refractivity contribution in [2.75, 3.05) is 20.2 Å². The molecule has 0 bridgehead atoms. The molecule has 0 spiro atoms. The molecule has 1 N–H and O–H groups in total. The Labute approximate surface area is 111 Å². The van der Waals surface area contributed by atoms with Crippen LogP contribution in [0.4, 0.5) is 4.39 Å². The van der Waals surface area contributed by atoms with E-state index in [0.29, 0.717) is 25.1 Å². The molecule has 0 radical (unpaired) electrons. The third-order valence-electron chi connectivity index (χ3n) is 3.55. The Morgan fingerprint density at radius 2 is 2.26 bits per heavy atom. The van der Waals surface area contributed by atoms with E-state index < -0.39 is 5.82 Å². The van der Waals surface area contributed by atoms with E-state index in [1.807, 2.05) is 6.92 Å². The summed E-state index contributed by atoms with van der Waals surface area (Å²) in [5.41, 5.74) is 0.404. The molecular formula is C14H18FNO3. The first-order chi connectivity index (χ1) is 9.02. The molecule has 1 aromatic rings. The minimum absolute atomic E-state index is 0.0556. The van der Waals surface area contributed by atoms with Gasteiger partial charge in [-0.05, 0) is 30.5 Å². The molecule has 0 aromatic heterocycles. The van der Waals surface area contributed by atoms with Gasteiger partial charge < -0.3 is 14.7 Å². The first kappa shape index (κ1) is 13.8.